The lowest BCUT2D eigenvalue weighted by Gasteiger charge is -2.19. The van der Waals surface area contributed by atoms with E-state index in [1.165, 1.54) is 5.56 Å². The van der Waals surface area contributed by atoms with E-state index in [1.54, 1.807) is 12.2 Å². The van der Waals surface area contributed by atoms with E-state index in [-0.39, 0.29) is 11.2 Å². The Labute approximate surface area is 114 Å². The van der Waals surface area contributed by atoms with Crippen LogP contribution in [0.5, 0.6) is 0 Å². The number of hydrogen-bond acceptors (Lipinski definition) is 2. The molecule has 1 aromatic carbocycles. The van der Waals surface area contributed by atoms with Crippen molar-refractivity contribution in [1.82, 2.24) is 0 Å². The van der Waals surface area contributed by atoms with Crippen LogP contribution in [0, 0.1) is 0 Å². The van der Waals surface area contributed by atoms with Crippen molar-refractivity contribution in [2.24, 2.45) is 0 Å². The number of carbonyl (C=O) groups excluding carboxylic acids is 1. The molecule has 1 aromatic rings. The van der Waals surface area contributed by atoms with Crippen molar-refractivity contribution >= 4 is 5.78 Å². The summed E-state index contributed by atoms with van der Waals surface area (Å²) in [6.45, 7) is 6.46. The highest BCUT2D eigenvalue weighted by molar-refractivity contribution is 6.09. The number of hydrogen-bond donors (Lipinski definition) is 1. The molecule has 0 amide bonds. The van der Waals surface area contributed by atoms with Crippen LogP contribution in [0.4, 0.5) is 0 Å². The summed E-state index contributed by atoms with van der Waals surface area (Å²) in [7, 11) is 0. The third kappa shape index (κ3) is 3.14. The maximum atomic E-state index is 12.3. The third-order valence-corrected chi connectivity index (χ3v) is 3.43. The zero-order valence-electron chi connectivity index (χ0n) is 11.7. The second kappa shape index (κ2) is 5.04. The van der Waals surface area contributed by atoms with Gasteiger partial charge in [0.1, 0.15) is 0 Å². The highest BCUT2D eigenvalue weighted by atomic mass is 16.3. The molecule has 0 radical (unpaired) electrons. The van der Waals surface area contributed by atoms with E-state index in [1.807, 2.05) is 24.3 Å². The standard InChI is InChI=1S/C17H20O2/c1-17(2,3)14-8-4-12(5-9-14)16(19)13-6-10-15(18)11-7-13/h4-6,8-10,18H,7,11H2,1-3H3. The van der Waals surface area contributed by atoms with Gasteiger partial charge in [-0.2, -0.15) is 0 Å². The maximum absolute atomic E-state index is 12.3. The van der Waals surface area contributed by atoms with Gasteiger partial charge in [0.15, 0.2) is 5.78 Å². The van der Waals surface area contributed by atoms with Gasteiger partial charge in [-0.15, -0.1) is 0 Å². The van der Waals surface area contributed by atoms with E-state index >= 15 is 0 Å². The Balaban J connectivity index is 2.21. The number of benzene rings is 1. The van der Waals surface area contributed by atoms with Gasteiger partial charge in [-0.05, 0) is 23.5 Å². The van der Waals surface area contributed by atoms with Crippen LogP contribution in [-0.4, -0.2) is 10.9 Å². The van der Waals surface area contributed by atoms with Crippen LogP contribution in [0.15, 0.2) is 47.7 Å². The van der Waals surface area contributed by atoms with Crippen molar-refractivity contribution in [3.05, 3.63) is 58.9 Å². The molecule has 0 fully saturated rings. The Bertz CT molecular complexity index is 540. The Kier molecular flexibility index (Phi) is 3.61. The SMILES string of the molecule is CC(C)(C)c1ccc(C(=O)C2=CC=C(O)CC2)cc1. The molecule has 19 heavy (non-hydrogen) atoms. The van der Waals surface area contributed by atoms with Gasteiger partial charge >= 0.3 is 0 Å². The fraction of sp³-hybridized carbons (Fsp3) is 0.353. The van der Waals surface area contributed by atoms with Gasteiger partial charge in [-0.1, -0.05) is 51.1 Å². The Morgan fingerprint density at radius 1 is 1.05 bits per heavy atom. The summed E-state index contributed by atoms with van der Waals surface area (Å²) >= 11 is 0. The van der Waals surface area contributed by atoms with E-state index in [2.05, 4.69) is 20.8 Å². The van der Waals surface area contributed by atoms with Crippen LogP contribution >= 0.6 is 0 Å². The molecule has 0 aromatic heterocycles. The Morgan fingerprint density at radius 2 is 1.68 bits per heavy atom. The van der Waals surface area contributed by atoms with Crippen LogP contribution in [-0.2, 0) is 5.41 Å². The topological polar surface area (TPSA) is 37.3 Å². The monoisotopic (exact) mass is 256 g/mol. The first-order valence-electron chi connectivity index (χ1n) is 6.62. The minimum atomic E-state index is 0.0595. The minimum absolute atomic E-state index is 0.0595. The van der Waals surface area contributed by atoms with E-state index in [0.29, 0.717) is 24.2 Å². The lowest BCUT2D eigenvalue weighted by atomic mass is 9.86. The predicted molar refractivity (Wildman–Crippen MR) is 77.5 cm³/mol. The summed E-state index contributed by atoms with van der Waals surface area (Å²) in [5, 5.41) is 9.31. The average molecular weight is 256 g/mol. The Hall–Kier alpha value is -1.83. The maximum Gasteiger partial charge on any atom is 0.189 e. The van der Waals surface area contributed by atoms with Crippen LogP contribution in [0.25, 0.3) is 0 Å². The van der Waals surface area contributed by atoms with E-state index < -0.39 is 0 Å². The molecule has 100 valence electrons. The van der Waals surface area contributed by atoms with Crippen molar-refractivity contribution in [2.45, 2.75) is 39.0 Å². The normalized spacial score (nSPS) is 15.7. The smallest absolute Gasteiger partial charge is 0.189 e. The molecule has 1 N–H and O–H groups in total. The molecule has 0 saturated carbocycles. The van der Waals surface area contributed by atoms with Crippen molar-refractivity contribution in [1.29, 1.82) is 0 Å². The molecule has 2 nitrogen and oxygen atoms in total. The predicted octanol–water partition coefficient (Wildman–Crippen LogP) is 4.33. The molecular weight excluding hydrogens is 236 g/mol. The first kappa shape index (κ1) is 13.6. The van der Waals surface area contributed by atoms with Crippen molar-refractivity contribution in [3.8, 4) is 0 Å². The molecule has 1 aliphatic carbocycles. The minimum Gasteiger partial charge on any atom is -0.512 e. The van der Waals surface area contributed by atoms with Gasteiger partial charge in [0.2, 0.25) is 0 Å². The summed E-state index contributed by atoms with van der Waals surface area (Å²) in [4.78, 5) is 12.3. The first-order valence-corrected chi connectivity index (χ1v) is 6.62. The van der Waals surface area contributed by atoms with Crippen LogP contribution in [0.2, 0.25) is 0 Å². The van der Waals surface area contributed by atoms with Crippen molar-refractivity contribution in [3.63, 3.8) is 0 Å². The van der Waals surface area contributed by atoms with E-state index in [9.17, 15) is 9.90 Å². The molecule has 0 heterocycles. The highest BCUT2D eigenvalue weighted by Gasteiger charge is 2.17. The molecule has 0 unspecified atom stereocenters. The zero-order valence-corrected chi connectivity index (χ0v) is 11.7. The number of ketones is 1. The molecule has 1 aliphatic rings. The van der Waals surface area contributed by atoms with Gasteiger partial charge in [-0.3, -0.25) is 4.79 Å². The Morgan fingerprint density at radius 3 is 2.16 bits per heavy atom. The largest absolute Gasteiger partial charge is 0.512 e. The lowest BCUT2D eigenvalue weighted by molar-refractivity contribution is 0.103. The molecule has 0 saturated heterocycles. The van der Waals surface area contributed by atoms with Gasteiger partial charge in [0.05, 0.1) is 5.76 Å². The summed E-state index contributed by atoms with van der Waals surface area (Å²) < 4.78 is 0. The molecule has 2 rings (SSSR count). The van der Waals surface area contributed by atoms with Crippen molar-refractivity contribution < 1.29 is 9.90 Å². The van der Waals surface area contributed by atoms with Gasteiger partial charge in [0, 0.05) is 17.6 Å². The molecular formula is C17H20O2. The number of rotatable bonds is 2. The van der Waals surface area contributed by atoms with Gasteiger partial charge in [0.25, 0.3) is 0 Å². The van der Waals surface area contributed by atoms with Gasteiger partial charge < -0.3 is 5.11 Å². The average Bonchev–Trinajstić information content (AvgIpc) is 2.38. The molecule has 0 atom stereocenters. The lowest BCUT2D eigenvalue weighted by Crippen LogP contribution is -2.12. The molecule has 2 heteroatoms. The fourth-order valence-electron chi connectivity index (χ4n) is 2.12. The second-order valence-corrected chi connectivity index (χ2v) is 6.01. The molecule has 0 spiro atoms. The van der Waals surface area contributed by atoms with E-state index in [0.717, 1.165) is 5.57 Å². The first-order chi connectivity index (χ1) is 8.88. The number of aliphatic hydroxyl groups excluding tert-OH is 1. The quantitative estimate of drug-likeness (QED) is 0.800. The zero-order chi connectivity index (χ0) is 14.0. The van der Waals surface area contributed by atoms with Gasteiger partial charge in [-0.25, -0.2) is 0 Å². The number of carbonyl (C=O) groups is 1. The highest BCUT2D eigenvalue weighted by Crippen LogP contribution is 2.24. The third-order valence-electron chi connectivity index (χ3n) is 3.43. The van der Waals surface area contributed by atoms with Crippen molar-refractivity contribution in [2.75, 3.05) is 0 Å². The fourth-order valence-corrected chi connectivity index (χ4v) is 2.12. The van der Waals surface area contributed by atoms with Crippen LogP contribution in [0.1, 0.15) is 49.5 Å². The molecule has 0 aliphatic heterocycles. The van der Waals surface area contributed by atoms with E-state index in [4.69, 9.17) is 0 Å². The molecule has 0 bridgehead atoms. The van der Waals surface area contributed by atoms with Crippen LogP contribution < -0.4 is 0 Å². The summed E-state index contributed by atoms with van der Waals surface area (Å²) in [6.07, 6.45) is 4.50. The second-order valence-electron chi connectivity index (χ2n) is 6.01. The van der Waals surface area contributed by atoms with Crippen LogP contribution in [0.3, 0.4) is 0 Å². The summed E-state index contributed by atoms with van der Waals surface area (Å²) in [5.74, 6) is 0.406. The number of allylic oxidation sites excluding steroid dienone is 4. The summed E-state index contributed by atoms with van der Waals surface area (Å²) in [6, 6.07) is 7.82. The summed E-state index contributed by atoms with van der Waals surface area (Å²) in [5.41, 5.74) is 2.80. The number of Topliss-reactive ketones (excluding diaryl/α,β-unsaturated/α-hetero) is 1. The number of aliphatic hydroxyl groups is 1.